The summed E-state index contributed by atoms with van der Waals surface area (Å²) in [6.45, 7) is 1.55. The molecule has 6 heteroatoms. The minimum absolute atomic E-state index is 0.0335. The molecule has 2 aromatic carbocycles. The van der Waals surface area contributed by atoms with Crippen LogP contribution in [-0.2, 0) is 9.53 Å². The number of nitrogens with one attached hydrogen (secondary N) is 2. The van der Waals surface area contributed by atoms with Gasteiger partial charge in [0.05, 0.1) is 19.2 Å². The van der Waals surface area contributed by atoms with Gasteiger partial charge in [-0.25, -0.2) is 4.79 Å². The van der Waals surface area contributed by atoms with E-state index < -0.39 is 5.97 Å². The summed E-state index contributed by atoms with van der Waals surface area (Å²) < 4.78 is 4.61. The van der Waals surface area contributed by atoms with E-state index in [4.69, 9.17) is 0 Å². The Hall–Kier alpha value is -3.15. The SMILES string of the molecule is COC(=O)c1ccc(NC(=O)CNc2cccc(C(C)=O)c2)cc1. The molecule has 2 rings (SSSR count). The second kappa shape index (κ2) is 7.92. The summed E-state index contributed by atoms with van der Waals surface area (Å²) in [5.41, 5.74) is 2.26. The van der Waals surface area contributed by atoms with Crippen LogP contribution >= 0.6 is 0 Å². The van der Waals surface area contributed by atoms with E-state index in [9.17, 15) is 14.4 Å². The predicted octanol–water partition coefficient (Wildman–Crippen LogP) is 2.73. The molecule has 124 valence electrons. The van der Waals surface area contributed by atoms with Crippen LogP contribution in [0.3, 0.4) is 0 Å². The Morgan fingerprint density at radius 1 is 0.958 bits per heavy atom. The lowest BCUT2D eigenvalue weighted by molar-refractivity contribution is -0.114. The molecular formula is C18H18N2O4. The highest BCUT2D eigenvalue weighted by Crippen LogP contribution is 2.12. The molecule has 0 aliphatic carbocycles. The quantitative estimate of drug-likeness (QED) is 0.630. The summed E-state index contributed by atoms with van der Waals surface area (Å²) >= 11 is 0. The van der Waals surface area contributed by atoms with Gasteiger partial charge in [0, 0.05) is 16.9 Å². The van der Waals surface area contributed by atoms with Crippen molar-refractivity contribution in [2.24, 2.45) is 0 Å². The van der Waals surface area contributed by atoms with Crippen molar-refractivity contribution in [1.82, 2.24) is 0 Å². The lowest BCUT2D eigenvalue weighted by atomic mass is 10.1. The molecule has 2 N–H and O–H groups in total. The van der Waals surface area contributed by atoms with Crippen LogP contribution in [0.2, 0.25) is 0 Å². The van der Waals surface area contributed by atoms with E-state index in [0.29, 0.717) is 22.5 Å². The van der Waals surface area contributed by atoms with E-state index in [-0.39, 0.29) is 18.2 Å². The molecule has 0 aliphatic rings. The van der Waals surface area contributed by atoms with Crippen molar-refractivity contribution < 1.29 is 19.1 Å². The third-order valence-electron chi connectivity index (χ3n) is 3.31. The number of hydrogen-bond donors (Lipinski definition) is 2. The Kier molecular flexibility index (Phi) is 5.68. The minimum Gasteiger partial charge on any atom is -0.465 e. The van der Waals surface area contributed by atoms with Crippen molar-refractivity contribution in [2.45, 2.75) is 6.92 Å². The first-order valence-electron chi connectivity index (χ1n) is 7.32. The third kappa shape index (κ3) is 4.67. The zero-order valence-corrected chi connectivity index (χ0v) is 13.5. The summed E-state index contributed by atoms with van der Waals surface area (Å²) in [4.78, 5) is 34.6. The summed E-state index contributed by atoms with van der Waals surface area (Å²) in [6.07, 6.45) is 0. The lowest BCUT2D eigenvalue weighted by Crippen LogP contribution is -2.21. The summed E-state index contributed by atoms with van der Waals surface area (Å²) in [6, 6.07) is 13.3. The maximum absolute atomic E-state index is 11.9. The van der Waals surface area contributed by atoms with Crippen LogP contribution in [0.1, 0.15) is 27.6 Å². The van der Waals surface area contributed by atoms with Gasteiger partial charge < -0.3 is 15.4 Å². The Morgan fingerprint density at radius 2 is 1.67 bits per heavy atom. The average molecular weight is 326 g/mol. The minimum atomic E-state index is -0.431. The highest BCUT2D eigenvalue weighted by molar-refractivity contribution is 5.96. The molecule has 0 unspecified atom stereocenters. The molecule has 24 heavy (non-hydrogen) atoms. The smallest absolute Gasteiger partial charge is 0.337 e. The first-order chi connectivity index (χ1) is 11.5. The fraction of sp³-hybridized carbons (Fsp3) is 0.167. The van der Waals surface area contributed by atoms with Crippen molar-refractivity contribution in [1.29, 1.82) is 0 Å². The first-order valence-corrected chi connectivity index (χ1v) is 7.32. The molecule has 6 nitrogen and oxygen atoms in total. The van der Waals surface area contributed by atoms with Crippen LogP contribution < -0.4 is 10.6 Å². The zero-order chi connectivity index (χ0) is 17.5. The van der Waals surface area contributed by atoms with Gasteiger partial charge in [0.1, 0.15) is 0 Å². The zero-order valence-electron chi connectivity index (χ0n) is 13.5. The molecule has 0 aromatic heterocycles. The van der Waals surface area contributed by atoms with E-state index in [2.05, 4.69) is 15.4 Å². The van der Waals surface area contributed by atoms with Crippen molar-refractivity contribution in [2.75, 3.05) is 24.3 Å². The molecule has 0 aliphatic heterocycles. The fourth-order valence-corrected chi connectivity index (χ4v) is 2.04. The van der Waals surface area contributed by atoms with Crippen LogP contribution in [0.15, 0.2) is 48.5 Å². The molecule has 0 bridgehead atoms. The van der Waals surface area contributed by atoms with Crippen LogP contribution in [0.4, 0.5) is 11.4 Å². The molecule has 0 radical (unpaired) electrons. The van der Waals surface area contributed by atoms with Gasteiger partial charge >= 0.3 is 5.97 Å². The second-order valence-corrected chi connectivity index (χ2v) is 5.11. The molecule has 2 aromatic rings. The van der Waals surface area contributed by atoms with Gasteiger partial charge in [-0.2, -0.15) is 0 Å². The second-order valence-electron chi connectivity index (χ2n) is 5.11. The molecule has 0 saturated heterocycles. The van der Waals surface area contributed by atoms with Gasteiger partial charge in [-0.05, 0) is 43.3 Å². The third-order valence-corrected chi connectivity index (χ3v) is 3.31. The van der Waals surface area contributed by atoms with Crippen molar-refractivity contribution in [3.8, 4) is 0 Å². The van der Waals surface area contributed by atoms with Crippen LogP contribution in [-0.4, -0.2) is 31.3 Å². The molecule has 0 atom stereocenters. The highest BCUT2D eigenvalue weighted by Gasteiger charge is 2.07. The number of ketones is 1. The molecule has 1 amide bonds. The van der Waals surface area contributed by atoms with Gasteiger partial charge in [0.15, 0.2) is 5.78 Å². The van der Waals surface area contributed by atoms with Crippen LogP contribution in [0.5, 0.6) is 0 Å². The van der Waals surface area contributed by atoms with Crippen molar-refractivity contribution in [3.63, 3.8) is 0 Å². The normalized spacial score (nSPS) is 9.92. The number of amides is 1. The lowest BCUT2D eigenvalue weighted by Gasteiger charge is -2.09. The Morgan fingerprint density at radius 3 is 2.29 bits per heavy atom. The maximum atomic E-state index is 11.9. The summed E-state index contributed by atoms with van der Waals surface area (Å²) in [5.74, 6) is -0.706. The number of benzene rings is 2. The maximum Gasteiger partial charge on any atom is 0.337 e. The molecule has 0 saturated carbocycles. The molecule has 0 heterocycles. The molecular weight excluding hydrogens is 308 g/mol. The fourth-order valence-electron chi connectivity index (χ4n) is 2.04. The van der Waals surface area contributed by atoms with E-state index in [1.807, 2.05) is 0 Å². The van der Waals surface area contributed by atoms with E-state index in [1.165, 1.54) is 14.0 Å². The average Bonchev–Trinajstić information content (AvgIpc) is 2.60. The number of ether oxygens (including phenoxy) is 1. The number of Topliss-reactive ketones (excluding diaryl/α,β-unsaturated/α-hetero) is 1. The van der Waals surface area contributed by atoms with Crippen molar-refractivity contribution in [3.05, 3.63) is 59.7 Å². The van der Waals surface area contributed by atoms with Gasteiger partial charge in [-0.15, -0.1) is 0 Å². The molecule has 0 fully saturated rings. The van der Waals surface area contributed by atoms with E-state index in [0.717, 1.165) is 0 Å². The van der Waals surface area contributed by atoms with E-state index in [1.54, 1.807) is 48.5 Å². The number of anilines is 2. The predicted molar refractivity (Wildman–Crippen MR) is 91.3 cm³/mol. The number of carbonyl (C=O) groups is 3. The van der Waals surface area contributed by atoms with Gasteiger partial charge in [0.25, 0.3) is 0 Å². The van der Waals surface area contributed by atoms with E-state index >= 15 is 0 Å². The Bertz CT molecular complexity index is 754. The summed E-state index contributed by atoms with van der Waals surface area (Å²) in [5, 5.41) is 5.67. The van der Waals surface area contributed by atoms with Crippen LogP contribution in [0.25, 0.3) is 0 Å². The Labute approximate surface area is 139 Å². The standard InChI is InChI=1S/C18H18N2O4/c1-12(21)14-4-3-5-16(10-14)19-11-17(22)20-15-8-6-13(7-9-15)18(23)24-2/h3-10,19H,11H2,1-2H3,(H,20,22). The number of carbonyl (C=O) groups excluding carboxylic acids is 3. The largest absolute Gasteiger partial charge is 0.465 e. The Balaban J connectivity index is 1.90. The van der Waals surface area contributed by atoms with Crippen LogP contribution in [0, 0.1) is 0 Å². The van der Waals surface area contributed by atoms with Gasteiger partial charge in [-0.3, -0.25) is 9.59 Å². The number of esters is 1. The summed E-state index contributed by atoms with van der Waals surface area (Å²) in [7, 11) is 1.31. The number of methoxy groups -OCH3 is 1. The number of hydrogen-bond acceptors (Lipinski definition) is 5. The van der Waals surface area contributed by atoms with Gasteiger partial charge in [-0.1, -0.05) is 12.1 Å². The number of rotatable bonds is 6. The van der Waals surface area contributed by atoms with Crippen molar-refractivity contribution >= 4 is 29.0 Å². The topological polar surface area (TPSA) is 84.5 Å². The van der Waals surface area contributed by atoms with Gasteiger partial charge in [0.2, 0.25) is 5.91 Å². The monoisotopic (exact) mass is 326 g/mol. The molecule has 0 spiro atoms. The highest BCUT2D eigenvalue weighted by atomic mass is 16.5. The first kappa shape index (κ1) is 17.2.